The van der Waals surface area contributed by atoms with Gasteiger partial charge in [0, 0.05) is 23.1 Å². The summed E-state index contributed by atoms with van der Waals surface area (Å²) >= 11 is 6.06. The van der Waals surface area contributed by atoms with Gasteiger partial charge < -0.3 is 19.7 Å². The van der Waals surface area contributed by atoms with E-state index >= 15 is 0 Å². The topological polar surface area (TPSA) is 58.9 Å². The Morgan fingerprint density at radius 2 is 1.91 bits per heavy atom. The molecule has 22 heavy (non-hydrogen) atoms. The summed E-state index contributed by atoms with van der Waals surface area (Å²) in [5, 5.41) is 19.2. The molecule has 0 aliphatic carbocycles. The molecular formula is C17H19ClO4. The molecule has 2 aromatic carbocycles. The minimum atomic E-state index is -0.873. The zero-order valence-corrected chi connectivity index (χ0v) is 13.1. The molecule has 5 heteroatoms. The third kappa shape index (κ3) is 4.37. The van der Waals surface area contributed by atoms with Gasteiger partial charge in [0.05, 0.1) is 19.8 Å². The lowest BCUT2D eigenvalue weighted by Gasteiger charge is -2.17. The van der Waals surface area contributed by atoms with Crippen LogP contribution in [0.1, 0.15) is 11.1 Å². The number of hydrogen-bond acceptors (Lipinski definition) is 4. The van der Waals surface area contributed by atoms with Crippen molar-refractivity contribution < 1.29 is 19.7 Å². The largest absolute Gasteiger partial charge is 0.493 e. The summed E-state index contributed by atoms with van der Waals surface area (Å²) in [4.78, 5) is 0. The Morgan fingerprint density at radius 3 is 2.55 bits per heavy atom. The van der Waals surface area contributed by atoms with E-state index in [0.29, 0.717) is 28.7 Å². The maximum absolute atomic E-state index is 9.69. The molecule has 0 heterocycles. The van der Waals surface area contributed by atoms with Gasteiger partial charge in [0.15, 0.2) is 11.5 Å². The van der Waals surface area contributed by atoms with E-state index in [9.17, 15) is 5.11 Å². The quantitative estimate of drug-likeness (QED) is 0.823. The van der Waals surface area contributed by atoms with Crippen molar-refractivity contribution >= 4 is 11.6 Å². The molecule has 0 aliphatic heterocycles. The minimum Gasteiger partial charge on any atom is -0.493 e. The summed E-state index contributed by atoms with van der Waals surface area (Å²) < 4.78 is 11.2. The molecule has 2 aromatic rings. The molecular weight excluding hydrogens is 304 g/mol. The van der Waals surface area contributed by atoms with Crippen molar-refractivity contribution in [3.63, 3.8) is 0 Å². The highest BCUT2D eigenvalue weighted by molar-refractivity contribution is 6.30. The Kier molecular flexibility index (Phi) is 6.07. The lowest BCUT2D eigenvalue weighted by Crippen LogP contribution is -2.16. The van der Waals surface area contributed by atoms with Crippen LogP contribution in [0.15, 0.2) is 42.5 Å². The molecule has 1 atom stereocenters. The normalized spacial score (nSPS) is 12.0. The van der Waals surface area contributed by atoms with Crippen LogP contribution in [0, 0.1) is 0 Å². The van der Waals surface area contributed by atoms with E-state index in [2.05, 4.69) is 0 Å². The van der Waals surface area contributed by atoms with Crippen LogP contribution in [0.5, 0.6) is 11.5 Å². The molecule has 0 spiro atoms. The molecule has 2 rings (SSSR count). The average Bonchev–Trinajstić information content (AvgIpc) is 2.54. The van der Waals surface area contributed by atoms with Gasteiger partial charge in [-0.1, -0.05) is 41.9 Å². The van der Waals surface area contributed by atoms with Crippen LogP contribution in [-0.2, 0) is 13.0 Å². The van der Waals surface area contributed by atoms with Gasteiger partial charge >= 0.3 is 0 Å². The predicted molar refractivity (Wildman–Crippen MR) is 85.6 cm³/mol. The molecule has 0 unspecified atom stereocenters. The smallest absolute Gasteiger partial charge is 0.165 e. The summed E-state index contributed by atoms with van der Waals surface area (Å²) in [6.45, 7) is 0.0496. The Hall–Kier alpha value is -1.75. The van der Waals surface area contributed by atoms with Gasteiger partial charge in [-0.05, 0) is 11.6 Å². The molecule has 0 saturated heterocycles. The molecule has 4 nitrogen and oxygen atoms in total. The van der Waals surface area contributed by atoms with Crippen LogP contribution in [-0.4, -0.2) is 30.0 Å². The minimum absolute atomic E-state index is 0.234. The number of benzene rings is 2. The highest BCUT2D eigenvalue weighted by Crippen LogP contribution is 2.36. The molecule has 0 fully saturated rings. The first-order valence-electron chi connectivity index (χ1n) is 6.96. The van der Waals surface area contributed by atoms with Crippen molar-refractivity contribution in [1.82, 2.24) is 0 Å². The number of aliphatic hydroxyl groups is 2. The zero-order chi connectivity index (χ0) is 15.9. The number of rotatable bonds is 7. The van der Waals surface area contributed by atoms with Gasteiger partial charge in [0.2, 0.25) is 0 Å². The number of halogens is 1. The van der Waals surface area contributed by atoms with Crippen molar-refractivity contribution in [1.29, 1.82) is 0 Å². The van der Waals surface area contributed by atoms with Crippen LogP contribution in [0.3, 0.4) is 0 Å². The van der Waals surface area contributed by atoms with Crippen molar-refractivity contribution in [2.45, 2.75) is 19.1 Å². The summed E-state index contributed by atoms with van der Waals surface area (Å²) in [6.07, 6.45) is -0.639. The molecule has 0 aliphatic rings. The van der Waals surface area contributed by atoms with Crippen LogP contribution >= 0.6 is 11.6 Å². The molecule has 2 N–H and O–H groups in total. The standard InChI is InChI=1S/C17H19ClO4/c1-21-16-9-14(18)7-13(8-15(20)10-19)17(16)22-11-12-5-3-2-4-6-12/h2-7,9,15,19-20H,8,10-11H2,1H3/t15-/m1/s1. The van der Waals surface area contributed by atoms with E-state index in [4.69, 9.17) is 26.2 Å². The first kappa shape index (κ1) is 16.6. The van der Waals surface area contributed by atoms with Crippen LogP contribution < -0.4 is 9.47 Å². The van der Waals surface area contributed by atoms with E-state index in [1.165, 1.54) is 7.11 Å². The zero-order valence-electron chi connectivity index (χ0n) is 12.3. The van der Waals surface area contributed by atoms with Crippen molar-refractivity contribution in [2.75, 3.05) is 13.7 Å². The van der Waals surface area contributed by atoms with Crippen molar-refractivity contribution in [3.8, 4) is 11.5 Å². The number of aliphatic hydroxyl groups excluding tert-OH is 2. The second kappa shape index (κ2) is 8.03. The fourth-order valence-electron chi connectivity index (χ4n) is 2.14. The first-order chi connectivity index (χ1) is 10.6. The van der Waals surface area contributed by atoms with Gasteiger partial charge in [0.1, 0.15) is 6.61 Å². The molecule has 0 bridgehead atoms. The van der Waals surface area contributed by atoms with Gasteiger partial charge in [-0.15, -0.1) is 0 Å². The lowest BCUT2D eigenvalue weighted by molar-refractivity contribution is 0.0946. The first-order valence-corrected chi connectivity index (χ1v) is 7.34. The Labute approximate surface area is 134 Å². The highest BCUT2D eigenvalue weighted by Gasteiger charge is 2.16. The summed E-state index contributed by atoms with van der Waals surface area (Å²) in [5.74, 6) is 1.03. The maximum Gasteiger partial charge on any atom is 0.165 e. The predicted octanol–water partition coefficient (Wildman–Crippen LogP) is 2.82. The van der Waals surface area contributed by atoms with Gasteiger partial charge in [-0.2, -0.15) is 0 Å². The Morgan fingerprint density at radius 1 is 1.18 bits per heavy atom. The van der Waals surface area contributed by atoms with Gasteiger partial charge in [-0.25, -0.2) is 0 Å². The third-order valence-corrected chi connectivity index (χ3v) is 3.43. The fourth-order valence-corrected chi connectivity index (χ4v) is 2.37. The Bertz CT molecular complexity index is 601. The second-order valence-electron chi connectivity index (χ2n) is 4.91. The van der Waals surface area contributed by atoms with Gasteiger partial charge in [-0.3, -0.25) is 0 Å². The maximum atomic E-state index is 9.69. The van der Waals surface area contributed by atoms with E-state index in [0.717, 1.165) is 5.56 Å². The monoisotopic (exact) mass is 322 g/mol. The van der Waals surface area contributed by atoms with Crippen LogP contribution in [0.4, 0.5) is 0 Å². The summed E-state index contributed by atoms with van der Waals surface area (Å²) in [6, 6.07) is 13.1. The highest BCUT2D eigenvalue weighted by atomic mass is 35.5. The molecule has 118 valence electrons. The third-order valence-electron chi connectivity index (χ3n) is 3.21. The van der Waals surface area contributed by atoms with E-state index in [-0.39, 0.29) is 13.0 Å². The molecule has 0 radical (unpaired) electrons. The van der Waals surface area contributed by atoms with Crippen molar-refractivity contribution in [2.24, 2.45) is 0 Å². The average molecular weight is 323 g/mol. The summed E-state index contributed by atoms with van der Waals surface area (Å²) in [7, 11) is 1.54. The number of hydrogen-bond donors (Lipinski definition) is 2. The van der Waals surface area contributed by atoms with E-state index < -0.39 is 6.10 Å². The van der Waals surface area contributed by atoms with Gasteiger partial charge in [0.25, 0.3) is 0 Å². The summed E-state index contributed by atoms with van der Waals surface area (Å²) in [5.41, 5.74) is 1.72. The molecule has 0 saturated carbocycles. The van der Waals surface area contributed by atoms with E-state index in [1.807, 2.05) is 30.3 Å². The fraction of sp³-hybridized carbons (Fsp3) is 0.294. The number of ether oxygens (including phenoxy) is 2. The molecule has 0 aromatic heterocycles. The van der Waals surface area contributed by atoms with Crippen molar-refractivity contribution in [3.05, 3.63) is 58.6 Å². The lowest BCUT2D eigenvalue weighted by atomic mass is 10.1. The molecule has 0 amide bonds. The van der Waals surface area contributed by atoms with E-state index in [1.54, 1.807) is 12.1 Å². The SMILES string of the molecule is COc1cc(Cl)cc(C[C@@H](O)CO)c1OCc1ccccc1. The van der Waals surface area contributed by atoms with Crippen LogP contribution in [0.2, 0.25) is 5.02 Å². The second-order valence-corrected chi connectivity index (χ2v) is 5.35. The number of methoxy groups -OCH3 is 1. The Balaban J connectivity index is 2.26. The van der Waals surface area contributed by atoms with Crippen LogP contribution in [0.25, 0.3) is 0 Å².